The number of pyridine rings is 1. The fourth-order valence-corrected chi connectivity index (χ4v) is 4.36. The van der Waals surface area contributed by atoms with Crippen LogP contribution in [0.1, 0.15) is 36.4 Å². The first-order valence-electron chi connectivity index (χ1n) is 9.97. The van der Waals surface area contributed by atoms with E-state index >= 15 is 0 Å². The van der Waals surface area contributed by atoms with Crippen LogP contribution in [0.4, 0.5) is 10.1 Å². The molecule has 0 fully saturated rings. The first kappa shape index (κ1) is 22.9. The van der Waals surface area contributed by atoms with Gasteiger partial charge in [0.05, 0.1) is 17.1 Å². The van der Waals surface area contributed by atoms with E-state index in [-0.39, 0.29) is 5.69 Å². The molecule has 0 unspecified atom stereocenters. The van der Waals surface area contributed by atoms with Gasteiger partial charge < -0.3 is 9.84 Å². The topological polar surface area (TPSA) is 88.3 Å². The molecular formula is C22H27FN4O3S. The largest absolute Gasteiger partial charge is 0.379 e. The minimum absolute atomic E-state index is 0.198. The molecule has 31 heavy (non-hydrogen) atoms. The van der Waals surface area contributed by atoms with Gasteiger partial charge in [-0.1, -0.05) is 29.4 Å². The van der Waals surface area contributed by atoms with Gasteiger partial charge in [-0.15, -0.1) is 0 Å². The highest BCUT2D eigenvalue weighted by molar-refractivity contribution is 7.90. The Hall–Kier alpha value is -2.78. The molecule has 3 aromatic rings. The maximum Gasteiger partial charge on any atom is 0.204 e. The smallest absolute Gasteiger partial charge is 0.204 e. The zero-order valence-electron chi connectivity index (χ0n) is 18.1. The minimum Gasteiger partial charge on any atom is -0.379 e. The molecule has 0 spiro atoms. The van der Waals surface area contributed by atoms with Crippen molar-refractivity contribution in [2.75, 3.05) is 12.4 Å². The molecule has 9 heteroatoms. The molecule has 0 saturated carbocycles. The summed E-state index contributed by atoms with van der Waals surface area (Å²) in [5.74, 6) is -1.37. The van der Waals surface area contributed by atoms with Crippen molar-refractivity contribution in [2.45, 2.75) is 50.7 Å². The molecule has 1 aromatic carbocycles. The van der Waals surface area contributed by atoms with E-state index in [1.54, 1.807) is 6.92 Å². The number of sulfone groups is 1. The SMILES string of the molecule is Cc1nc(S(=O)(=O)Cc2ccon2)c(F)cc1NCc1ccccc1CN(C)C(C)C. The molecule has 7 nitrogen and oxygen atoms in total. The standard InChI is InChI=1S/C22H27FN4O3S/c1-15(2)27(4)13-18-8-6-5-7-17(18)12-24-21-11-20(23)22(25-16(21)3)31(28,29)14-19-9-10-30-26-19/h5-11,15,24H,12-14H2,1-4H3. The molecule has 0 saturated heterocycles. The van der Waals surface area contributed by atoms with Gasteiger partial charge in [0.25, 0.3) is 0 Å². The molecule has 0 atom stereocenters. The third-order valence-electron chi connectivity index (χ3n) is 5.15. The number of rotatable bonds is 9. The molecule has 0 radical (unpaired) electrons. The summed E-state index contributed by atoms with van der Waals surface area (Å²) in [4.78, 5) is 6.28. The Labute approximate surface area is 182 Å². The summed E-state index contributed by atoms with van der Waals surface area (Å²) in [5, 5.41) is 6.19. The van der Waals surface area contributed by atoms with Gasteiger partial charge in [-0.05, 0) is 38.9 Å². The highest BCUT2D eigenvalue weighted by atomic mass is 32.2. The summed E-state index contributed by atoms with van der Waals surface area (Å²) < 4.78 is 44.4. The maximum absolute atomic E-state index is 14.7. The quantitative estimate of drug-likeness (QED) is 0.532. The lowest BCUT2D eigenvalue weighted by Gasteiger charge is -2.23. The number of nitrogens with zero attached hydrogens (tertiary/aromatic N) is 3. The number of anilines is 1. The third-order valence-corrected chi connectivity index (χ3v) is 6.70. The molecule has 0 aliphatic rings. The van der Waals surface area contributed by atoms with Crippen molar-refractivity contribution in [1.82, 2.24) is 15.0 Å². The molecule has 0 amide bonds. The number of halogens is 1. The van der Waals surface area contributed by atoms with Crippen molar-refractivity contribution >= 4 is 15.5 Å². The van der Waals surface area contributed by atoms with E-state index in [9.17, 15) is 12.8 Å². The van der Waals surface area contributed by atoms with Crippen LogP contribution < -0.4 is 5.32 Å². The van der Waals surface area contributed by atoms with E-state index in [2.05, 4.69) is 51.8 Å². The first-order chi connectivity index (χ1) is 14.7. The molecule has 0 aliphatic heterocycles. The van der Waals surface area contributed by atoms with Gasteiger partial charge >= 0.3 is 0 Å². The molecular weight excluding hydrogens is 419 g/mol. The molecule has 2 heterocycles. The predicted molar refractivity (Wildman–Crippen MR) is 117 cm³/mol. The van der Waals surface area contributed by atoms with Crippen LogP contribution in [-0.4, -0.2) is 36.5 Å². The monoisotopic (exact) mass is 446 g/mol. The number of aryl methyl sites for hydroxylation is 1. The van der Waals surface area contributed by atoms with Crippen molar-refractivity contribution < 1.29 is 17.3 Å². The van der Waals surface area contributed by atoms with Crippen LogP contribution >= 0.6 is 0 Å². The van der Waals surface area contributed by atoms with E-state index in [4.69, 9.17) is 0 Å². The molecule has 1 N–H and O–H groups in total. The van der Waals surface area contributed by atoms with Crippen LogP contribution in [-0.2, 0) is 28.7 Å². The second-order valence-corrected chi connectivity index (χ2v) is 9.69. The summed E-state index contributed by atoms with van der Waals surface area (Å²) in [6.07, 6.45) is 1.27. The van der Waals surface area contributed by atoms with Crippen LogP contribution in [0.15, 0.2) is 52.2 Å². The minimum atomic E-state index is -3.99. The molecule has 2 aromatic heterocycles. The van der Waals surface area contributed by atoms with Gasteiger partial charge in [-0.3, -0.25) is 4.90 Å². The summed E-state index contributed by atoms with van der Waals surface area (Å²) in [6.45, 7) is 7.18. The fourth-order valence-electron chi connectivity index (χ4n) is 3.06. The van der Waals surface area contributed by atoms with Gasteiger partial charge in [0.1, 0.15) is 12.0 Å². The molecule has 3 rings (SSSR count). The van der Waals surface area contributed by atoms with Gasteiger partial charge in [-0.25, -0.2) is 17.8 Å². The summed E-state index contributed by atoms with van der Waals surface area (Å²) in [5.41, 5.74) is 3.30. The summed E-state index contributed by atoms with van der Waals surface area (Å²) in [6, 6.07) is 11.1. The third kappa shape index (κ3) is 5.68. The first-order valence-corrected chi connectivity index (χ1v) is 11.6. The Kier molecular flexibility index (Phi) is 7.07. The lowest BCUT2D eigenvalue weighted by atomic mass is 10.1. The Morgan fingerprint density at radius 1 is 1.19 bits per heavy atom. The van der Waals surface area contributed by atoms with Crippen molar-refractivity contribution in [3.8, 4) is 0 Å². The van der Waals surface area contributed by atoms with Crippen molar-refractivity contribution in [1.29, 1.82) is 0 Å². The van der Waals surface area contributed by atoms with Crippen LogP contribution in [0.2, 0.25) is 0 Å². The Balaban J connectivity index is 1.78. The van der Waals surface area contributed by atoms with Crippen molar-refractivity contribution in [3.05, 3.63) is 71.0 Å². The van der Waals surface area contributed by atoms with Crippen LogP contribution in [0, 0.1) is 12.7 Å². The Morgan fingerprint density at radius 2 is 1.90 bits per heavy atom. The average Bonchev–Trinajstić information content (AvgIpc) is 3.21. The molecule has 0 aliphatic carbocycles. The Bertz CT molecular complexity index is 1130. The van der Waals surface area contributed by atoms with Gasteiger partial charge in [-0.2, -0.15) is 0 Å². The Morgan fingerprint density at radius 3 is 2.55 bits per heavy atom. The van der Waals surface area contributed by atoms with Crippen LogP contribution in [0.5, 0.6) is 0 Å². The lowest BCUT2D eigenvalue weighted by molar-refractivity contribution is 0.265. The van der Waals surface area contributed by atoms with E-state index in [1.165, 1.54) is 24.0 Å². The van der Waals surface area contributed by atoms with Gasteiger partial charge in [0.2, 0.25) is 9.84 Å². The summed E-state index contributed by atoms with van der Waals surface area (Å²) >= 11 is 0. The number of benzene rings is 1. The normalized spacial score (nSPS) is 12.0. The van der Waals surface area contributed by atoms with Gasteiger partial charge in [0, 0.05) is 31.3 Å². The molecule has 0 bridgehead atoms. The van der Waals surface area contributed by atoms with Crippen molar-refractivity contribution in [3.63, 3.8) is 0 Å². The second kappa shape index (κ2) is 9.57. The van der Waals surface area contributed by atoms with Crippen LogP contribution in [0.25, 0.3) is 0 Å². The van der Waals surface area contributed by atoms with E-state index in [0.717, 1.165) is 12.1 Å². The highest BCUT2D eigenvalue weighted by Gasteiger charge is 2.24. The van der Waals surface area contributed by atoms with E-state index < -0.39 is 26.4 Å². The van der Waals surface area contributed by atoms with E-state index in [1.807, 2.05) is 18.2 Å². The lowest BCUT2D eigenvalue weighted by Crippen LogP contribution is -2.26. The number of nitrogens with one attached hydrogen (secondary N) is 1. The second-order valence-electron chi connectivity index (χ2n) is 7.79. The maximum atomic E-state index is 14.7. The van der Waals surface area contributed by atoms with Crippen molar-refractivity contribution in [2.24, 2.45) is 0 Å². The number of hydrogen-bond acceptors (Lipinski definition) is 7. The zero-order valence-corrected chi connectivity index (χ0v) is 18.9. The molecule has 166 valence electrons. The number of aromatic nitrogens is 2. The average molecular weight is 447 g/mol. The van der Waals surface area contributed by atoms with Crippen LogP contribution in [0.3, 0.4) is 0 Å². The fraction of sp³-hybridized carbons (Fsp3) is 0.364. The van der Waals surface area contributed by atoms with E-state index in [0.29, 0.717) is 24.0 Å². The summed E-state index contributed by atoms with van der Waals surface area (Å²) in [7, 11) is -1.92. The van der Waals surface area contributed by atoms with Gasteiger partial charge in [0.15, 0.2) is 10.8 Å². The number of hydrogen-bond donors (Lipinski definition) is 1. The highest BCUT2D eigenvalue weighted by Crippen LogP contribution is 2.24. The zero-order chi connectivity index (χ0) is 22.6. The predicted octanol–water partition coefficient (Wildman–Crippen LogP) is 3.94.